The van der Waals surface area contributed by atoms with Crippen molar-refractivity contribution >= 4 is 34.2 Å². The fourth-order valence-corrected chi connectivity index (χ4v) is 2.17. The molecule has 0 saturated heterocycles. The van der Waals surface area contributed by atoms with Gasteiger partial charge in [0.2, 0.25) is 0 Å². The van der Waals surface area contributed by atoms with E-state index in [9.17, 15) is 9.59 Å². The molecular weight excluding hydrogens is 267 g/mol. The second kappa shape index (κ2) is 2.65. The summed E-state index contributed by atoms with van der Waals surface area (Å²) in [5.74, 6) is -0.0893. The molecule has 0 aliphatic heterocycles. The number of carbonyl (C=O) groups excluding carboxylic acids is 2. The van der Waals surface area contributed by atoms with Gasteiger partial charge in [0.25, 0.3) is 0 Å². The molecule has 12 heavy (non-hydrogen) atoms. The maximum Gasteiger partial charge on any atom is 0.172 e. The van der Waals surface area contributed by atoms with Crippen molar-refractivity contribution < 1.29 is 9.59 Å². The molecule has 0 N–H and O–H groups in total. The summed E-state index contributed by atoms with van der Waals surface area (Å²) in [6.45, 7) is 0. The normalized spacial score (nSPS) is 15.1. The maximum absolute atomic E-state index is 11.3. The van der Waals surface area contributed by atoms with Crippen molar-refractivity contribution in [1.29, 1.82) is 0 Å². The molecule has 0 heterocycles. The number of hydrogen-bond acceptors (Lipinski definition) is 2. The molecule has 1 aliphatic rings. The highest BCUT2D eigenvalue weighted by atomic mass is 127. The van der Waals surface area contributed by atoms with Gasteiger partial charge in [0.15, 0.2) is 11.6 Å². The standard InChI is InChI=1S/C9H5IO2/c10-6-3-1-2-5-7(11)4-8(12)9(5)6/h1-3H,4H2. The second-order valence-corrected chi connectivity index (χ2v) is 3.85. The summed E-state index contributed by atoms with van der Waals surface area (Å²) >= 11 is 2.08. The van der Waals surface area contributed by atoms with Crippen LogP contribution in [0.4, 0.5) is 0 Å². The van der Waals surface area contributed by atoms with Gasteiger partial charge < -0.3 is 0 Å². The molecule has 0 atom stereocenters. The molecule has 0 fully saturated rings. The van der Waals surface area contributed by atoms with Gasteiger partial charge in [-0.15, -0.1) is 0 Å². The Morgan fingerprint density at radius 2 is 1.92 bits per heavy atom. The molecule has 1 aromatic rings. The summed E-state index contributed by atoms with van der Waals surface area (Å²) in [7, 11) is 0. The maximum atomic E-state index is 11.3. The van der Waals surface area contributed by atoms with Crippen LogP contribution in [-0.2, 0) is 0 Å². The van der Waals surface area contributed by atoms with Crippen molar-refractivity contribution in [2.24, 2.45) is 0 Å². The lowest BCUT2D eigenvalue weighted by molar-refractivity contribution is 0.0923. The molecular formula is C9H5IO2. The topological polar surface area (TPSA) is 34.1 Å². The van der Waals surface area contributed by atoms with E-state index in [2.05, 4.69) is 22.6 Å². The van der Waals surface area contributed by atoms with Crippen LogP contribution < -0.4 is 0 Å². The second-order valence-electron chi connectivity index (χ2n) is 2.69. The van der Waals surface area contributed by atoms with E-state index in [1.165, 1.54) is 0 Å². The summed E-state index contributed by atoms with van der Waals surface area (Å²) in [5, 5.41) is 0. The van der Waals surface area contributed by atoms with Gasteiger partial charge in [-0.25, -0.2) is 0 Å². The average molecular weight is 272 g/mol. The number of rotatable bonds is 0. The van der Waals surface area contributed by atoms with Crippen LogP contribution in [0.2, 0.25) is 0 Å². The van der Waals surface area contributed by atoms with Crippen molar-refractivity contribution in [3.05, 3.63) is 32.9 Å². The summed E-state index contributed by atoms with van der Waals surface area (Å²) in [4.78, 5) is 22.5. The van der Waals surface area contributed by atoms with E-state index in [-0.39, 0.29) is 18.0 Å². The number of carbonyl (C=O) groups is 2. The first-order valence-corrected chi connectivity index (χ1v) is 4.63. The van der Waals surface area contributed by atoms with Gasteiger partial charge in [0.05, 0.1) is 6.42 Å². The van der Waals surface area contributed by atoms with Crippen LogP contribution in [0.3, 0.4) is 0 Å². The Labute approximate surface area is 83.1 Å². The highest BCUT2D eigenvalue weighted by Gasteiger charge is 2.28. The molecule has 0 radical (unpaired) electrons. The van der Waals surface area contributed by atoms with Crippen molar-refractivity contribution in [1.82, 2.24) is 0 Å². The fourth-order valence-electron chi connectivity index (χ4n) is 1.37. The summed E-state index contributed by atoms with van der Waals surface area (Å²) < 4.78 is 0.876. The number of Topliss-reactive ketones (excluding diaryl/α,β-unsaturated/α-hetero) is 2. The highest BCUT2D eigenvalue weighted by molar-refractivity contribution is 14.1. The van der Waals surface area contributed by atoms with E-state index in [1.54, 1.807) is 12.1 Å². The third-order valence-electron chi connectivity index (χ3n) is 1.91. The van der Waals surface area contributed by atoms with Crippen LogP contribution in [0.15, 0.2) is 18.2 Å². The Morgan fingerprint density at radius 1 is 1.17 bits per heavy atom. The number of ketones is 2. The number of halogens is 1. The van der Waals surface area contributed by atoms with E-state index in [4.69, 9.17) is 0 Å². The summed E-state index contributed by atoms with van der Waals surface area (Å²) in [6, 6.07) is 5.36. The van der Waals surface area contributed by atoms with Gasteiger partial charge in [0, 0.05) is 14.7 Å². The highest BCUT2D eigenvalue weighted by Crippen LogP contribution is 2.25. The molecule has 3 heteroatoms. The first kappa shape index (κ1) is 7.91. The number of fused-ring (bicyclic) bond motifs is 1. The SMILES string of the molecule is O=C1CC(=O)c2c(I)cccc21. The molecule has 0 aromatic heterocycles. The van der Waals surface area contributed by atoms with E-state index in [1.807, 2.05) is 6.07 Å². The van der Waals surface area contributed by atoms with Gasteiger partial charge in [-0.3, -0.25) is 9.59 Å². The molecule has 0 amide bonds. The van der Waals surface area contributed by atoms with Crippen LogP contribution in [0, 0.1) is 3.57 Å². The zero-order chi connectivity index (χ0) is 8.72. The Bertz CT molecular complexity index is 382. The van der Waals surface area contributed by atoms with Crippen molar-refractivity contribution in [3.8, 4) is 0 Å². The van der Waals surface area contributed by atoms with Crippen molar-refractivity contribution in [2.75, 3.05) is 0 Å². The molecule has 1 aromatic carbocycles. The van der Waals surface area contributed by atoms with Crippen molar-refractivity contribution in [2.45, 2.75) is 6.42 Å². The van der Waals surface area contributed by atoms with Gasteiger partial charge >= 0.3 is 0 Å². The molecule has 0 spiro atoms. The van der Waals surface area contributed by atoms with E-state index in [0.29, 0.717) is 11.1 Å². The minimum absolute atomic E-state index is 0.0417. The van der Waals surface area contributed by atoms with Gasteiger partial charge in [-0.1, -0.05) is 12.1 Å². The van der Waals surface area contributed by atoms with Crippen molar-refractivity contribution in [3.63, 3.8) is 0 Å². The zero-order valence-electron chi connectivity index (χ0n) is 6.13. The Balaban J connectivity index is 2.75. The van der Waals surface area contributed by atoms with Crippen LogP contribution >= 0.6 is 22.6 Å². The molecule has 2 rings (SSSR count). The molecule has 0 unspecified atom stereocenters. The number of hydrogen-bond donors (Lipinski definition) is 0. The first-order chi connectivity index (χ1) is 5.70. The molecule has 0 saturated carbocycles. The Hall–Kier alpha value is -0.710. The predicted molar refractivity (Wildman–Crippen MR) is 52.4 cm³/mol. The molecule has 1 aliphatic carbocycles. The van der Waals surface area contributed by atoms with E-state index < -0.39 is 0 Å². The summed E-state index contributed by atoms with van der Waals surface area (Å²) in [5.41, 5.74) is 1.20. The third-order valence-corrected chi connectivity index (χ3v) is 2.81. The largest absolute Gasteiger partial charge is 0.294 e. The smallest absolute Gasteiger partial charge is 0.172 e. The minimum Gasteiger partial charge on any atom is -0.294 e. The molecule has 0 bridgehead atoms. The quantitative estimate of drug-likeness (QED) is 0.535. The number of benzene rings is 1. The predicted octanol–water partition coefficient (Wildman–Crippen LogP) is 2.06. The lowest BCUT2D eigenvalue weighted by Crippen LogP contribution is -1.94. The molecule has 2 nitrogen and oxygen atoms in total. The zero-order valence-corrected chi connectivity index (χ0v) is 8.29. The minimum atomic E-state index is -0.0477. The Morgan fingerprint density at radius 3 is 2.58 bits per heavy atom. The van der Waals surface area contributed by atoms with Crippen LogP contribution in [0.1, 0.15) is 27.1 Å². The lowest BCUT2D eigenvalue weighted by atomic mass is 10.1. The van der Waals surface area contributed by atoms with Crippen LogP contribution in [-0.4, -0.2) is 11.6 Å². The van der Waals surface area contributed by atoms with Gasteiger partial charge in [-0.2, -0.15) is 0 Å². The summed E-state index contributed by atoms with van der Waals surface area (Å²) in [6.07, 6.45) is 0.0509. The first-order valence-electron chi connectivity index (χ1n) is 3.55. The molecule has 60 valence electrons. The monoisotopic (exact) mass is 272 g/mol. The lowest BCUT2D eigenvalue weighted by Gasteiger charge is -1.96. The van der Waals surface area contributed by atoms with Gasteiger partial charge in [0.1, 0.15) is 0 Å². The van der Waals surface area contributed by atoms with Crippen LogP contribution in [0.5, 0.6) is 0 Å². The van der Waals surface area contributed by atoms with Crippen LogP contribution in [0.25, 0.3) is 0 Å². The third kappa shape index (κ3) is 0.998. The van der Waals surface area contributed by atoms with E-state index in [0.717, 1.165) is 3.57 Å². The fraction of sp³-hybridized carbons (Fsp3) is 0.111. The van der Waals surface area contributed by atoms with E-state index >= 15 is 0 Å². The van der Waals surface area contributed by atoms with Gasteiger partial charge in [-0.05, 0) is 28.7 Å². The Kier molecular flexibility index (Phi) is 1.75. The average Bonchev–Trinajstić information content (AvgIpc) is 2.29.